The highest BCUT2D eigenvalue weighted by Gasteiger charge is 2.39. The van der Waals surface area contributed by atoms with Gasteiger partial charge in [-0.1, -0.05) is 17.7 Å². The molecule has 3 aromatic rings. The molecule has 0 aromatic heterocycles. The second-order valence-corrected chi connectivity index (χ2v) is 11.6. The van der Waals surface area contributed by atoms with E-state index in [9.17, 15) is 22.0 Å². The SMILES string of the molecule is COC(=O)CCC1CC(S(=O)(=O)c2ccc(F)c(OC)c2)c2cc(OC(C)c3c(F)cccc3Cl)ccc2O1. The van der Waals surface area contributed by atoms with Crippen LogP contribution in [0.1, 0.15) is 48.7 Å². The lowest BCUT2D eigenvalue weighted by Gasteiger charge is -2.32. The van der Waals surface area contributed by atoms with Gasteiger partial charge in [0.25, 0.3) is 0 Å². The molecule has 1 aliphatic heterocycles. The Morgan fingerprint density at radius 2 is 1.87 bits per heavy atom. The number of halogens is 3. The molecule has 3 unspecified atom stereocenters. The van der Waals surface area contributed by atoms with Crippen LogP contribution in [-0.4, -0.2) is 34.7 Å². The summed E-state index contributed by atoms with van der Waals surface area (Å²) in [7, 11) is -1.58. The summed E-state index contributed by atoms with van der Waals surface area (Å²) >= 11 is 6.18. The highest BCUT2D eigenvalue weighted by atomic mass is 35.5. The van der Waals surface area contributed by atoms with Crippen molar-refractivity contribution in [1.29, 1.82) is 0 Å². The normalized spacial score (nSPS) is 17.5. The van der Waals surface area contributed by atoms with E-state index < -0.39 is 44.9 Å². The van der Waals surface area contributed by atoms with Crippen LogP contribution in [0.2, 0.25) is 5.02 Å². The van der Waals surface area contributed by atoms with E-state index in [1.807, 2.05) is 0 Å². The molecule has 4 rings (SSSR count). The zero-order valence-corrected chi connectivity index (χ0v) is 23.0. The van der Waals surface area contributed by atoms with E-state index in [-0.39, 0.29) is 46.2 Å². The maximum absolute atomic E-state index is 14.4. The summed E-state index contributed by atoms with van der Waals surface area (Å²) in [6, 6.07) is 12.3. The van der Waals surface area contributed by atoms with Gasteiger partial charge in [-0.25, -0.2) is 17.2 Å². The number of esters is 1. The van der Waals surface area contributed by atoms with E-state index in [0.717, 1.165) is 12.1 Å². The van der Waals surface area contributed by atoms with Crippen LogP contribution in [0.5, 0.6) is 17.2 Å². The van der Waals surface area contributed by atoms with Gasteiger partial charge in [-0.3, -0.25) is 4.79 Å². The fourth-order valence-electron chi connectivity index (χ4n) is 4.55. The average molecular weight is 581 g/mol. The van der Waals surface area contributed by atoms with Crippen molar-refractivity contribution in [1.82, 2.24) is 0 Å². The lowest BCUT2D eigenvalue weighted by molar-refractivity contribution is -0.141. The largest absolute Gasteiger partial charge is 0.494 e. The van der Waals surface area contributed by atoms with Crippen LogP contribution >= 0.6 is 11.6 Å². The Bertz CT molecular complexity index is 1460. The number of rotatable bonds is 9. The minimum atomic E-state index is -4.09. The number of fused-ring (bicyclic) bond motifs is 1. The molecule has 0 saturated heterocycles. The van der Waals surface area contributed by atoms with Crippen molar-refractivity contribution >= 4 is 27.4 Å². The number of carbonyl (C=O) groups is 1. The van der Waals surface area contributed by atoms with E-state index in [1.54, 1.807) is 25.1 Å². The smallest absolute Gasteiger partial charge is 0.305 e. The highest BCUT2D eigenvalue weighted by molar-refractivity contribution is 7.91. The molecule has 0 fully saturated rings. The number of carbonyl (C=O) groups excluding carboxylic acids is 1. The fraction of sp³-hybridized carbons (Fsp3) is 0.321. The van der Waals surface area contributed by atoms with Gasteiger partial charge in [0, 0.05) is 30.0 Å². The van der Waals surface area contributed by atoms with Gasteiger partial charge in [0.15, 0.2) is 21.4 Å². The molecule has 0 amide bonds. The molecule has 7 nitrogen and oxygen atoms in total. The maximum Gasteiger partial charge on any atom is 0.305 e. The molecule has 11 heteroatoms. The van der Waals surface area contributed by atoms with Crippen LogP contribution in [-0.2, 0) is 19.4 Å². The molecule has 3 aromatic carbocycles. The van der Waals surface area contributed by atoms with Crippen LogP contribution in [0, 0.1) is 11.6 Å². The second kappa shape index (κ2) is 11.8. The van der Waals surface area contributed by atoms with E-state index in [2.05, 4.69) is 0 Å². The van der Waals surface area contributed by atoms with Crippen molar-refractivity contribution in [2.45, 2.75) is 48.5 Å². The van der Waals surface area contributed by atoms with Crippen molar-refractivity contribution in [3.63, 3.8) is 0 Å². The molecule has 0 saturated carbocycles. The third-order valence-electron chi connectivity index (χ3n) is 6.54. The van der Waals surface area contributed by atoms with Crippen molar-refractivity contribution < 1.29 is 40.9 Å². The Labute approximate surface area is 230 Å². The van der Waals surface area contributed by atoms with Gasteiger partial charge in [0.2, 0.25) is 0 Å². The molecule has 208 valence electrons. The van der Waals surface area contributed by atoms with Crippen LogP contribution in [0.15, 0.2) is 59.5 Å². The molecule has 1 heterocycles. The summed E-state index contributed by atoms with van der Waals surface area (Å²) in [4.78, 5) is 11.6. The number of sulfone groups is 1. The number of hydrogen-bond donors (Lipinski definition) is 0. The van der Waals surface area contributed by atoms with Crippen molar-refractivity contribution in [3.05, 3.63) is 82.4 Å². The van der Waals surface area contributed by atoms with Gasteiger partial charge >= 0.3 is 5.97 Å². The number of benzene rings is 3. The average Bonchev–Trinajstić information content (AvgIpc) is 2.91. The van der Waals surface area contributed by atoms with E-state index in [1.165, 1.54) is 38.5 Å². The summed E-state index contributed by atoms with van der Waals surface area (Å²) in [5.74, 6) is -1.32. The number of methoxy groups -OCH3 is 2. The molecule has 0 aliphatic carbocycles. The van der Waals surface area contributed by atoms with Gasteiger partial charge < -0.3 is 18.9 Å². The van der Waals surface area contributed by atoms with Crippen molar-refractivity contribution in [2.75, 3.05) is 14.2 Å². The number of ether oxygens (including phenoxy) is 4. The van der Waals surface area contributed by atoms with Gasteiger partial charge in [-0.15, -0.1) is 0 Å². The van der Waals surface area contributed by atoms with Crippen molar-refractivity contribution in [3.8, 4) is 17.2 Å². The summed E-state index contributed by atoms with van der Waals surface area (Å²) in [5.41, 5.74) is 0.482. The molecule has 39 heavy (non-hydrogen) atoms. The van der Waals surface area contributed by atoms with E-state index in [4.69, 9.17) is 30.5 Å². The van der Waals surface area contributed by atoms with E-state index >= 15 is 0 Å². The molecule has 3 atom stereocenters. The molecule has 0 bridgehead atoms. The predicted octanol–water partition coefficient (Wildman–Crippen LogP) is 6.39. The molecule has 0 N–H and O–H groups in total. The molecular formula is C28H27ClF2O7S. The van der Waals surface area contributed by atoms with Gasteiger partial charge in [-0.2, -0.15) is 0 Å². The second-order valence-electron chi connectivity index (χ2n) is 9.02. The van der Waals surface area contributed by atoms with Crippen LogP contribution in [0.3, 0.4) is 0 Å². The monoisotopic (exact) mass is 580 g/mol. The quantitative estimate of drug-likeness (QED) is 0.214. The third-order valence-corrected chi connectivity index (χ3v) is 8.98. The topological polar surface area (TPSA) is 88.1 Å². The molecule has 0 spiro atoms. The first kappa shape index (κ1) is 28.6. The molecule has 1 aliphatic rings. The van der Waals surface area contributed by atoms with Crippen molar-refractivity contribution in [2.24, 2.45) is 0 Å². The minimum Gasteiger partial charge on any atom is -0.494 e. The molecular weight excluding hydrogens is 554 g/mol. The van der Waals surface area contributed by atoms with Crippen LogP contribution in [0.25, 0.3) is 0 Å². The Morgan fingerprint density at radius 1 is 1.10 bits per heavy atom. The van der Waals surface area contributed by atoms with Gasteiger partial charge in [0.05, 0.1) is 29.4 Å². The Balaban J connectivity index is 1.72. The van der Waals surface area contributed by atoms with E-state index in [0.29, 0.717) is 11.3 Å². The zero-order valence-electron chi connectivity index (χ0n) is 21.4. The fourth-order valence-corrected chi connectivity index (χ4v) is 6.71. The zero-order chi connectivity index (χ0) is 28.3. The Morgan fingerprint density at radius 3 is 2.56 bits per heavy atom. The summed E-state index contributed by atoms with van der Waals surface area (Å²) in [6.07, 6.45) is -1.11. The lowest BCUT2D eigenvalue weighted by Crippen LogP contribution is -2.30. The summed E-state index contributed by atoms with van der Waals surface area (Å²) in [5, 5.41) is -0.919. The Kier molecular flexibility index (Phi) is 8.66. The molecule has 0 radical (unpaired) electrons. The highest BCUT2D eigenvalue weighted by Crippen LogP contribution is 2.45. The Hall–Kier alpha value is -3.37. The lowest BCUT2D eigenvalue weighted by atomic mass is 9.98. The first-order chi connectivity index (χ1) is 18.5. The summed E-state index contributed by atoms with van der Waals surface area (Å²) < 4.78 is 77.9. The minimum absolute atomic E-state index is 0.0180. The number of hydrogen-bond acceptors (Lipinski definition) is 7. The van der Waals surface area contributed by atoms with Gasteiger partial charge in [0.1, 0.15) is 29.5 Å². The standard InChI is InChI=1S/C28H27ClF2O7S/c1-16(28-21(29)5-4-6-23(28)31)37-17-7-11-24-20(13-17)26(14-18(38-24)8-12-27(32)36-3)39(33,34)19-9-10-22(30)25(15-19)35-2/h4-7,9-11,13,15-16,18,26H,8,12,14H2,1-3H3. The van der Waals surface area contributed by atoms with Crippen LogP contribution in [0.4, 0.5) is 8.78 Å². The van der Waals surface area contributed by atoms with Crippen LogP contribution < -0.4 is 14.2 Å². The maximum atomic E-state index is 14.4. The first-order valence-electron chi connectivity index (χ1n) is 12.1. The third kappa shape index (κ3) is 6.12. The first-order valence-corrected chi connectivity index (χ1v) is 14.0. The predicted molar refractivity (Wildman–Crippen MR) is 140 cm³/mol. The van der Waals surface area contributed by atoms with Gasteiger partial charge in [-0.05, 0) is 55.8 Å². The summed E-state index contributed by atoms with van der Waals surface area (Å²) in [6.45, 7) is 1.63.